The molecule has 4 nitrogen and oxygen atoms in total. The fraction of sp³-hybridized carbons (Fsp3) is 0.412. The maximum atomic E-state index is 13.1. The van der Waals surface area contributed by atoms with Crippen molar-refractivity contribution in [1.82, 2.24) is 14.8 Å². The third-order valence-corrected chi connectivity index (χ3v) is 4.10. The second-order valence-corrected chi connectivity index (χ2v) is 5.73. The van der Waals surface area contributed by atoms with E-state index < -0.39 is 0 Å². The van der Waals surface area contributed by atoms with Crippen molar-refractivity contribution >= 4 is 6.21 Å². The summed E-state index contributed by atoms with van der Waals surface area (Å²) in [6.07, 6.45) is 5.63. The molecule has 1 aromatic carbocycles. The van der Waals surface area contributed by atoms with Crippen LogP contribution >= 0.6 is 0 Å². The predicted molar refractivity (Wildman–Crippen MR) is 86.0 cm³/mol. The van der Waals surface area contributed by atoms with Gasteiger partial charge >= 0.3 is 0 Å². The lowest BCUT2D eigenvalue weighted by Crippen LogP contribution is -2.24. The monoisotopic (exact) mass is 300 g/mol. The van der Waals surface area contributed by atoms with E-state index in [0.29, 0.717) is 0 Å². The molecule has 1 aromatic heterocycles. The third-order valence-electron chi connectivity index (χ3n) is 4.10. The normalized spacial score (nSPS) is 15.7. The molecule has 0 N–H and O–H groups in total. The van der Waals surface area contributed by atoms with Crippen molar-refractivity contribution in [3.05, 3.63) is 47.0 Å². The predicted octanol–water partition coefficient (Wildman–Crippen LogP) is 3.45. The largest absolute Gasteiger partial charge is 0.297 e. The molecule has 0 saturated carbocycles. The molecule has 0 bridgehead atoms. The van der Waals surface area contributed by atoms with Crippen molar-refractivity contribution in [2.24, 2.45) is 5.10 Å². The van der Waals surface area contributed by atoms with Gasteiger partial charge in [0.1, 0.15) is 5.82 Å². The quantitative estimate of drug-likeness (QED) is 0.814. The van der Waals surface area contributed by atoms with Crippen LogP contribution in [0.5, 0.6) is 0 Å². The van der Waals surface area contributed by atoms with Gasteiger partial charge in [0.05, 0.1) is 23.3 Å². The summed E-state index contributed by atoms with van der Waals surface area (Å²) in [6.45, 7) is 6.05. The first kappa shape index (κ1) is 14.8. The van der Waals surface area contributed by atoms with Crippen LogP contribution in [0.2, 0.25) is 0 Å². The summed E-state index contributed by atoms with van der Waals surface area (Å²) in [5, 5.41) is 11.3. The summed E-state index contributed by atoms with van der Waals surface area (Å²) >= 11 is 0. The molecular formula is C17H21FN4. The summed E-state index contributed by atoms with van der Waals surface area (Å²) in [5.74, 6) is -0.239. The van der Waals surface area contributed by atoms with Gasteiger partial charge in [-0.1, -0.05) is 0 Å². The third kappa shape index (κ3) is 3.03. The zero-order chi connectivity index (χ0) is 15.5. The number of hydrazone groups is 1. The molecule has 1 saturated heterocycles. The van der Waals surface area contributed by atoms with Crippen LogP contribution in [-0.2, 0) is 0 Å². The molecule has 0 aliphatic carbocycles. The van der Waals surface area contributed by atoms with Crippen LogP contribution in [0.3, 0.4) is 0 Å². The van der Waals surface area contributed by atoms with Gasteiger partial charge < -0.3 is 0 Å². The van der Waals surface area contributed by atoms with Gasteiger partial charge in [-0.05, 0) is 57.4 Å². The van der Waals surface area contributed by atoms with Crippen LogP contribution in [0.25, 0.3) is 5.69 Å². The van der Waals surface area contributed by atoms with Gasteiger partial charge in [0, 0.05) is 18.7 Å². The van der Waals surface area contributed by atoms with E-state index in [1.165, 1.54) is 31.4 Å². The van der Waals surface area contributed by atoms with Gasteiger partial charge in [-0.15, -0.1) is 0 Å². The molecule has 5 heteroatoms. The van der Waals surface area contributed by atoms with Gasteiger partial charge in [-0.3, -0.25) is 5.01 Å². The maximum Gasteiger partial charge on any atom is 0.123 e. The smallest absolute Gasteiger partial charge is 0.123 e. The van der Waals surface area contributed by atoms with Gasteiger partial charge in [0.15, 0.2) is 0 Å². The van der Waals surface area contributed by atoms with E-state index >= 15 is 0 Å². The first-order valence-electron chi connectivity index (χ1n) is 7.76. The molecule has 0 unspecified atom stereocenters. The van der Waals surface area contributed by atoms with Crippen molar-refractivity contribution in [3.63, 3.8) is 0 Å². The van der Waals surface area contributed by atoms with Crippen molar-refractivity contribution in [2.75, 3.05) is 13.1 Å². The molecule has 22 heavy (non-hydrogen) atoms. The second-order valence-electron chi connectivity index (χ2n) is 5.73. The number of hydrogen-bond donors (Lipinski definition) is 0. The Bertz CT molecular complexity index is 667. The summed E-state index contributed by atoms with van der Waals surface area (Å²) in [7, 11) is 0. The van der Waals surface area contributed by atoms with E-state index in [2.05, 4.69) is 15.2 Å². The van der Waals surface area contributed by atoms with Crippen molar-refractivity contribution in [3.8, 4) is 5.69 Å². The summed E-state index contributed by atoms with van der Waals surface area (Å²) in [4.78, 5) is 0. The number of aryl methyl sites for hydroxylation is 1. The molecule has 116 valence electrons. The van der Waals surface area contributed by atoms with Crippen molar-refractivity contribution < 1.29 is 4.39 Å². The summed E-state index contributed by atoms with van der Waals surface area (Å²) in [6, 6.07) is 6.38. The number of hydrogen-bond acceptors (Lipinski definition) is 3. The average Bonchev–Trinajstić information content (AvgIpc) is 2.82. The molecule has 2 heterocycles. The Hall–Kier alpha value is -2.17. The Morgan fingerprint density at radius 3 is 2.45 bits per heavy atom. The molecule has 0 atom stereocenters. The van der Waals surface area contributed by atoms with E-state index in [1.807, 2.05) is 24.7 Å². The van der Waals surface area contributed by atoms with E-state index in [0.717, 1.165) is 35.7 Å². The summed E-state index contributed by atoms with van der Waals surface area (Å²) in [5.41, 5.74) is 3.85. The van der Waals surface area contributed by atoms with Gasteiger partial charge in [-0.25, -0.2) is 9.07 Å². The van der Waals surface area contributed by atoms with Gasteiger partial charge in [0.25, 0.3) is 0 Å². The number of halogens is 1. The van der Waals surface area contributed by atoms with Crippen LogP contribution < -0.4 is 0 Å². The van der Waals surface area contributed by atoms with Crippen LogP contribution in [0.4, 0.5) is 4.39 Å². The van der Waals surface area contributed by atoms with Crippen LogP contribution in [-0.4, -0.2) is 34.1 Å². The number of nitrogens with zero attached hydrogens (tertiary/aromatic N) is 4. The zero-order valence-electron chi connectivity index (χ0n) is 13.1. The Kier molecular flexibility index (Phi) is 4.22. The zero-order valence-corrected chi connectivity index (χ0v) is 13.1. The SMILES string of the molecule is Cc1nn(-c2ccc(F)cc2)c(C)c1/C=N/N1CCCCC1. The minimum atomic E-state index is -0.239. The standard InChI is InChI=1S/C17H21FN4/c1-13-17(12-19-21-10-4-3-5-11-21)14(2)22(20-13)16-8-6-15(18)7-9-16/h6-9,12H,3-5,10-11H2,1-2H3/b19-12+. The molecule has 1 aliphatic rings. The lowest BCUT2D eigenvalue weighted by atomic mass is 10.2. The fourth-order valence-electron chi connectivity index (χ4n) is 2.81. The fourth-order valence-corrected chi connectivity index (χ4v) is 2.81. The first-order chi connectivity index (χ1) is 10.6. The van der Waals surface area contributed by atoms with Gasteiger partial charge in [0.2, 0.25) is 0 Å². The number of piperidine rings is 1. The first-order valence-corrected chi connectivity index (χ1v) is 7.76. The minimum Gasteiger partial charge on any atom is -0.297 e. The lowest BCUT2D eigenvalue weighted by Gasteiger charge is -2.23. The number of rotatable bonds is 3. The Balaban J connectivity index is 1.86. The van der Waals surface area contributed by atoms with E-state index in [-0.39, 0.29) is 5.82 Å². The van der Waals surface area contributed by atoms with Crippen LogP contribution in [0.15, 0.2) is 29.4 Å². The number of aromatic nitrogens is 2. The molecule has 0 amide bonds. The lowest BCUT2D eigenvalue weighted by molar-refractivity contribution is 0.240. The van der Waals surface area contributed by atoms with E-state index in [1.54, 1.807) is 12.1 Å². The molecule has 0 radical (unpaired) electrons. The highest BCUT2D eigenvalue weighted by Gasteiger charge is 2.12. The molecular weight excluding hydrogens is 279 g/mol. The van der Waals surface area contributed by atoms with E-state index in [9.17, 15) is 4.39 Å². The molecule has 3 rings (SSSR count). The van der Waals surface area contributed by atoms with Crippen molar-refractivity contribution in [1.29, 1.82) is 0 Å². The van der Waals surface area contributed by atoms with Gasteiger partial charge in [-0.2, -0.15) is 10.2 Å². The molecule has 1 fully saturated rings. The van der Waals surface area contributed by atoms with E-state index in [4.69, 9.17) is 0 Å². The Labute approximate surface area is 130 Å². The average molecular weight is 300 g/mol. The highest BCUT2D eigenvalue weighted by Crippen LogP contribution is 2.17. The summed E-state index contributed by atoms with van der Waals surface area (Å²) < 4.78 is 14.9. The van der Waals surface area contributed by atoms with Crippen LogP contribution in [0.1, 0.15) is 36.2 Å². The minimum absolute atomic E-state index is 0.239. The Morgan fingerprint density at radius 1 is 1.09 bits per heavy atom. The number of benzene rings is 1. The molecule has 0 spiro atoms. The second kappa shape index (κ2) is 6.30. The Morgan fingerprint density at radius 2 is 1.77 bits per heavy atom. The maximum absolute atomic E-state index is 13.1. The van der Waals surface area contributed by atoms with Crippen molar-refractivity contribution in [2.45, 2.75) is 33.1 Å². The molecule has 1 aliphatic heterocycles. The molecule has 2 aromatic rings. The van der Waals surface area contributed by atoms with Crippen LogP contribution in [0, 0.1) is 19.7 Å². The highest BCUT2D eigenvalue weighted by molar-refractivity contribution is 5.82. The highest BCUT2D eigenvalue weighted by atomic mass is 19.1. The topological polar surface area (TPSA) is 33.4 Å².